The highest BCUT2D eigenvalue weighted by Crippen LogP contribution is 2.35. The van der Waals surface area contributed by atoms with Crippen LogP contribution in [0.2, 0.25) is 0 Å². The zero-order chi connectivity index (χ0) is 21.6. The van der Waals surface area contributed by atoms with Crippen molar-refractivity contribution in [3.05, 3.63) is 29.8 Å². The van der Waals surface area contributed by atoms with Gasteiger partial charge in [0.2, 0.25) is 0 Å². The van der Waals surface area contributed by atoms with Gasteiger partial charge in [-0.25, -0.2) is 4.79 Å². The third-order valence-electron chi connectivity index (χ3n) is 4.78. The SMILES string of the molecule is CNc1ccc(C(=O)N[C@@H](CCC2OC2[C@H](CCC(=O)O)C(=O)O)C(=O)O)cc1. The highest BCUT2D eigenvalue weighted by molar-refractivity contribution is 5.96. The van der Waals surface area contributed by atoms with Crippen molar-refractivity contribution in [3.63, 3.8) is 0 Å². The van der Waals surface area contributed by atoms with Crippen molar-refractivity contribution in [1.29, 1.82) is 0 Å². The monoisotopic (exact) mass is 408 g/mol. The van der Waals surface area contributed by atoms with Crippen molar-refractivity contribution < 1.29 is 39.2 Å². The molecule has 158 valence electrons. The molecule has 2 rings (SSSR count). The van der Waals surface area contributed by atoms with Crippen molar-refractivity contribution in [1.82, 2.24) is 5.32 Å². The molecule has 0 bridgehead atoms. The molecule has 1 aliphatic rings. The van der Waals surface area contributed by atoms with Crippen molar-refractivity contribution in [2.24, 2.45) is 5.92 Å². The van der Waals surface area contributed by atoms with Crippen LogP contribution in [-0.2, 0) is 19.1 Å². The standard InChI is InChI=1S/C19H24N2O8/c1-20-11-4-2-10(3-5-11)17(24)21-13(19(27)28)7-8-14-16(29-14)12(18(25)26)6-9-15(22)23/h2-5,12-14,16,20H,6-9H2,1H3,(H,21,24)(H,22,23)(H,25,26)(H,27,28)/t12-,13-,14?,16?/m0/s1. The summed E-state index contributed by atoms with van der Waals surface area (Å²) in [6.45, 7) is 0. The first-order chi connectivity index (χ1) is 13.7. The molecule has 1 aromatic carbocycles. The molecule has 0 radical (unpaired) electrons. The van der Waals surface area contributed by atoms with Crippen molar-refractivity contribution >= 4 is 29.5 Å². The van der Waals surface area contributed by atoms with Gasteiger partial charge in [-0.15, -0.1) is 0 Å². The van der Waals surface area contributed by atoms with E-state index >= 15 is 0 Å². The van der Waals surface area contributed by atoms with Crippen LogP contribution in [0, 0.1) is 5.92 Å². The van der Waals surface area contributed by atoms with Gasteiger partial charge in [0.1, 0.15) is 6.04 Å². The molecule has 10 nitrogen and oxygen atoms in total. The molecule has 1 saturated heterocycles. The van der Waals surface area contributed by atoms with E-state index in [1.165, 1.54) is 0 Å². The topological polar surface area (TPSA) is 166 Å². The average molecular weight is 408 g/mol. The summed E-state index contributed by atoms with van der Waals surface area (Å²) in [5.74, 6) is -4.93. The number of carbonyl (C=O) groups excluding carboxylic acids is 1. The minimum atomic E-state index is -1.21. The fourth-order valence-corrected chi connectivity index (χ4v) is 3.07. The second-order valence-corrected chi connectivity index (χ2v) is 6.79. The van der Waals surface area contributed by atoms with Crippen LogP contribution >= 0.6 is 0 Å². The summed E-state index contributed by atoms with van der Waals surface area (Å²) in [6.07, 6.45) is -1.18. The van der Waals surface area contributed by atoms with Gasteiger partial charge in [0.25, 0.3) is 5.91 Å². The van der Waals surface area contributed by atoms with Crippen molar-refractivity contribution in [2.45, 2.75) is 43.9 Å². The fraction of sp³-hybridized carbons (Fsp3) is 0.474. The van der Waals surface area contributed by atoms with Crippen LogP contribution in [0.4, 0.5) is 5.69 Å². The quantitative estimate of drug-likeness (QED) is 0.317. The molecule has 1 heterocycles. The number of hydrogen-bond donors (Lipinski definition) is 5. The number of benzene rings is 1. The molecule has 0 aliphatic carbocycles. The summed E-state index contributed by atoms with van der Waals surface area (Å²) in [4.78, 5) is 45.7. The summed E-state index contributed by atoms with van der Waals surface area (Å²) in [5, 5.41) is 32.7. The van der Waals surface area contributed by atoms with Crippen LogP contribution < -0.4 is 10.6 Å². The van der Waals surface area contributed by atoms with E-state index in [2.05, 4.69) is 10.6 Å². The Morgan fingerprint density at radius 3 is 2.21 bits per heavy atom. The van der Waals surface area contributed by atoms with Gasteiger partial charge in [0, 0.05) is 24.7 Å². The zero-order valence-electron chi connectivity index (χ0n) is 15.8. The smallest absolute Gasteiger partial charge is 0.326 e. The maximum Gasteiger partial charge on any atom is 0.326 e. The van der Waals surface area contributed by atoms with Gasteiger partial charge in [-0.1, -0.05) is 0 Å². The normalized spacial score (nSPS) is 19.6. The molecule has 2 unspecified atom stereocenters. The van der Waals surface area contributed by atoms with E-state index in [9.17, 15) is 29.4 Å². The van der Waals surface area contributed by atoms with Crippen molar-refractivity contribution in [2.75, 3.05) is 12.4 Å². The van der Waals surface area contributed by atoms with E-state index < -0.39 is 48.0 Å². The first-order valence-electron chi connectivity index (χ1n) is 9.14. The molecule has 29 heavy (non-hydrogen) atoms. The van der Waals surface area contributed by atoms with Crippen LogP contribution in [-0.4, -0.2) is 64.4 Å². The van der Waals surface area contributed by atoms with Gasteiger partial charge in [0.15, 0.2) is 0 Å². The van der Waals surface area contributed by atoms with Crippen LogP contribution in [0.15, 0.2) is 24.3 Å². The Kier molecular flexibility index (Phi) is 7.54. The van der Waals surface area contributed by atoms with E-state index in [1.807, 2.05) is 0 Å². The van der Waals surface area contributed by atoms with Gasteiger partial charge in [-0.2, -0.15) is 0 Å². The zero-order valence-corrected chi connectivity index (χ0v) is 15.8. The molecule has 1 aliphatic heterocycles. The first kappa shape index (κ1) is 22.2. The fourth-order valence-electron chi connectivity index (χ4n) is 3.07. The Labute approximate surface area is 166 Å². The van der Waals surface area contributed by atoms with E-state index in [0.717, 1.165) is 5.69 Å². The Morgan fingerprint density at radius 1 is 1.03 bits per heavy atom. The number of aliphatic carboxylic acids is 3. The van der Waals surface area contributed by atoms with E-state index in [4.69, 9.17) is 9.84 Å². The van der Waals surface area contributed by atoms with Crippen molar-refractivity contribution in [3.8, 4) is 0 Å². The summed E-state index contributed by atoms with van der Waals surface area (Å²) in [6, 6.07) is 5.37. The van der Waals surface area contributed by atoms with E-state index in [0.29, 0.717) is 5.56 Å². The lowest BCUT2D eigenvalue weighted by atomic mass is 9.95. The number of carboxylic acid groups (broad SMARTS) is 3. The second-order valence-electron chi connectivity index (χ2n) is 6.79. The number of hydrogen-bond acceptors (Lipinski definition) is 6. The molecular formula is C19H24N2O8. The lowest BCUT2D eigenvalue weighted by Gasteiger charge is -2.14. The molecule has 4 atom stereocenters. The Morgan fingerprint density at radius 2 is 1.69 bits per heavy atom. The predicted octanol–water partition coefficient (Wildman–Crippen LogP) is 1.02. The van der Waals surface area contributed by atoms with Crippen LogP contribution in [0.3, 0.4) is 0 Å². The van der Waals surface area contributed by atoms with Gasteiger partial charge in [0.05, 0.1) is 18.1 Å². The molecule has 1 fully saturated rings. The van der Waals surface area contributed by atoms with Crippen LogP contribution in [0.5, 0.6) is 0 Å². The van der Waals surface area contributed by atoms with E-state index in [-0.39, 0.29) is 25.7 Å². The van der Waals surface area contributed by atoms with Crippen LogP contribution in [0.1, 0.15) is 36.0 Å². The summed E-state index contributed by atoms with van der Waals surface area (Å²) in [5.41, 5.74) is 1.12. The molecule has 1 aromatic rings. The predicted molar refractivity (Wildman–Crippen MR) is 101 cm³/mol. The number of anilines is 1. The third kappa shape index (κ3) is 6.46. The summed E-state index contributed by atoms with van der Waals surface area (Å²) < 4.78 is 5.33. The average Bonchev–Trinajstić information content (AvgIpc) is 3.43. The second kappa shape index (κ2) is 9.87. The number of rotatable bonds is 12. The minimum Gasteiger partial charge on any atom is -0.481 e. The Balaban J connectivity index is 1.88. The number of carboxylic acids is 3. The lowest BCUT2D eigenvalue weighted by molar-refractivity contribution is -0.144. The van der Waals surface area contributed by atoms with E-state index in [1.54, 1.807) is 31.3 Å². The third-order valence-corrected chi connectivity index (χ3v) is 4.78. The van der Waals surface area contributed by atoms with Gasteiger partial charge in [-0.3, -0.25) is 14.4 Å². The summed E-state index contributed by atoms with van der Waals surface area (Å²) in [7, 11) is 1.74. The van der Waals surface area contributed by atoms with Gasteiger partial charge in [-0.05, 0) is 43.5 Å². The maximum absolute atomic E-state index is 12.3. The lowest BCUT2D eigenvalue weighted by Crippen LogP contribution is -2.41. The van der Waals surface area contributed by atoms with Gasteiger partial charge >= 0.3 is 17.9 Å². The Hall–Kier alpha value is -3.14. The number of carbonyl (C=O) groups is 4. The summed E-state index contributed by atoms with van der Waals surface area (Å²) >= 11 is 0. The molecule has 10 heteroatoms. The maximum atomic E-state index is 12.3. The van der Waals surface area contributed by atoms with Gasteiger partial charge < -0.3 is 30.7 Å². The molecule has 5 N–H and O–H groups in total. The first-order valence-corrected chi connectivity index (χ1v) is 9.14. The van der Waals surface area contributed by atoms with Crippen LogP contribution in [0.25, 0.3) is 0 Å². The number of amides is 1. The number of epoxide rings is 1. The minimum absolute atomic E-state index is 0.0576. The number of ether oxygens (including phenoxy) is 1. The Bertz CT molecular complexity index is 764. The largest absolute Gasteiger partial charge is 0.481 e. The molecular weight excluding hydrogens is 384 g/mol. The molecule has 1 amide bonds. The highest BCUT2D eigenvalue weighted by Gasteiger charge is 2.47. The number of nitrogens with one attached hydrogen (secondary N) is 2. The highest BCUT2D eigenvalue weighted by atomic mass is 16.6. The molecule has 0 saturated carbocycles. The molecule has 0 spiro atoms. The molecule has 0 aromatic heterocycles.